The molecule has 1 heterocycles. The van der Waals surface area contributed by atoms with Crippen molar-refractivity contribution in [3.63, 3.8) is 0 Å². The van der Waals surface area contributed by atoms with Gasteiger partial charge in [0.15, 0.2) is 11.6 Å². The zero-order valence-electron chi connectivity index (χ0n) is 8.89. The van der Waals surface area contributed by atoms with Crippen molar-refractivity contribution in [2.24, 2.45) is 5.92 Å². The van der Waals surface area contributed by atoms with Gasteiger partial charge < -0.3 is 10.4 Å². The third-order valence-electron chi connectivity index (χ3n) is 2.60. The van der Waals surface area contributed by atoms with E-state index in [9.17, 15) is 9.90 Å². The molecule has 2 rings (SSSR count). The number of aromatic hydroxyl groups is 1. The van der Waals surface area contributed by atoms with Crippen molar-refractivity contribution in [1.29, 1.82) is 0 Å². The Morgan fingerprint density at radius 3 is 3.19 bits per heavy atom. The van der Waals surface area contributed by atoms with Crippen LogP contribution in [0.25, 0.3) is 0 Å². The highest BCUT2D eigenvalue weighted by molar-refractivity contribution is 5.91. The fraction of sp³-hybridized carbons (Fsp3) is 0.333. The molecule has 16 heavy (non-hydrogen) atoms. The van der Waals surface area contributed by atoms with Crippen LogP contribution >= 0.6 is 0 Å². The Morgan fingerprint density at radius 1 is 1.62 bits per heavy atom. The van der Waals surface area contributed by atoms with E-state index in [0.29, 0.717) is 12.3 Å². The first-order valence-corrected chi connectivity index (χ1v) is 5.36. The predicted molar refractivity (Wildman–Crippen MR) is 61.0 cm³/mol. The highest BCUT2D eigenvalue weighted by Crippen LogP contribution is 2.22. The topological polar surface area (TPSA) is 62.2 Å². The third-order valence-corrected chi connectivity index (χ3v) is 2.60. The van der Waals surface area contributed by atoms with Gasteiger partial charge in [0.1, 0.15) is 0 Å². The molecule has 0 radical (unpaired) electrons. The van der Waals surface area contributed by atoms with Gasteiger partial charge in [-0.25, -0.2) is 4.98 Å². The van der Waals surface area contributed by atoms with Gasteiger partial charge >= 0.3 is 0 Å². The lowest BCUT2D eigenvalue weighted by atomic mass is 10.1. The molecule has 2 N–H and O–H groups in total. The van der Waals surface area contributed by atoms with Crippen LogP contribution in [-0.2, 0) is 4.79 Å². The van der Waals surface area contributed by atoms with Crippen molar-refractivity contribution in [2.75, 3.05) is 5.32 Å². The molecule has 0 fully saturated rings. The second-order valence-corrected chi connectivity index (χ2v) is 3.89. The van der Waals surface area contributed by atoms with Gasteiger partial charge in [-0.05, 0) is 30.9 Å². The molecule has 1 aromatic heterocycles. The van der Waals surface area contributed by atoms with Crippen LogP contribution in [0, 0.1) is 5.92 Å². The molecule has 4 heteroatoms. The normalized spacial score (nSPS) is 18.6. The van der Waals surface area contributed by atoms with E-state index in [4.69, 9.17) is 0 Å². The monoisotopic (exact) mass is 218 g/mol. The Balaban J connectivity index is 1.92. The van der Waals surface area contributed by atoms with E-state index < -0.39 is 0 Å². The first-order chi connectivity index (χ1) is 7.75. The molecule has 0 bridgehead atoms. The molecule has 0 saturated carbocycles. The lowest BCUT2D eigenvalue weighted by Gasteiger charge is -2.08. The van der Waals surface area contributed by atoms with Crippen LogP contribution in [-0.4, -0.2) is 16.0 Å². The van der Waals surface area contributed by atoms with Crippen LogP contribution in [0.1, 0.15) is 19.3 Å². The first-order valence-electron chi connectivity index (χ1n) is 5.36. The summed E-state index contributed by atoms with van der Waals surface area (Å²) in [5.74, 6) is 0.448. The van der Waals surface area contributed by atoms with E-state index in [0.717, 1.165) is 12.8 Å². The van der Waals surface area contributed by atoms with Gasteiger partial charge in [-0.2, -0.15) is 0 Å². The molecule has 1 aromatic rings. The Kier molecular flexibility index (Phi) is 3.19. The maximum atomic E-state index is 11.6. The molecule has 0 spiro atoms. The number of amides is 1. The number of hydrogen-bond donors (Lipinski definition) is 2. The number of nitrogens with zero attached hydrogens (tertiary/aromatic N) is 1. The van der Waals surface area contributed by atoms with E-state index in [1.54, 1.807) is 6.07 Å². The van der Waals surface area contributed by atoms with Gasteiger partial charge in [0.05, 0.1) is 0 Å². The summed E-state index contributed by atoms with van der Waals surface area (Å²) < 4.78 is 0. The molecule has 0 aliphatic heterocycles. The minimum Gasteiger partial charge on any atom is -0.504 e. The first kappa shape index (κ1) is 10.7. The Labute approximate surface area is 94.0 Å². The van der Waals surface area contributed by atoms with Crippen molar-refractivity contribution >= 4 is 11.7 Å². The molecule has 1 aliphatic carbocycles. The molecule has 4 nitrogen and oxygen atoms in total. The predicted octanol–water partition coefficient (Wildman–Crippen LogP) is 2.08. The van der Waals surface area contributed by atoms with Gasteiger partial charge in [-0.3, -0.25) is 4.79 Å². The van der Waals surface area contributed by atoms with Crippen LogP contribution in [0.5, 0.6) is 5.75 Å². The Bertz CT molecular complexity index is 415. The van der Waals surface area contributed by atoms with E-state index in [1.807, 2.05) is 0 Å². The van der Waals surface area contributed by atoms with Gasteiger partial charge in [0.2, 0.25) is 5.91 Å². The molecular weight excluding hydrogens is 204 g/mol. The molecule has 1 atom stereocenters. The highest BCUT2D eigenvalue weighted by atomic mass is 16.3. The molecular formula is C12H14N2O2. The van der Waals surface area contributed by atoms with Crippen molar-refractivity contribution in [3.05, 3.63) is 30.5 Å². The summed E-state index contributed by atoms with van der Waals surface area (Å²) >= 11 is 0. The SMILES string of the molecule is O=C(C[C@@H]1C=CCC1)Nc1ncccc1O. The number of anilines is 1. The minimum absolute atomic E-state index is 0.00202. The quantitative estimate of drug-likeness (QED) is 0.763. The zero-order chi connectivity index (χ0) is 11.4. The summed E-state index contributed by atoms with van der Waals surface area (Å²) in [5, 5.41) is 12.0. The second kappa shape index (κ2) is 4.79. The highest BCUT2D eigenvalue weighted by Gasteiger charge is 2.15. The number of carbonyl (C=O) groups excluding carboxylic acids is 1. The van der Waals surface area contributed by atoms with Gasteiger partial charge in [0.25, 0.3) is 0 Å². The summed E-state index contributed by atoms with van der Waals surface area (Å²) in [6, 6.07) is 3.11. The number of rotatable bonds is 3. The van der Waals surface area contributed by atoms with E-state index >= 15 is 0 Å². The fourth-order valence-electron chi connectivity index (χ4n) is 1.78. The van der Waals surface area contributed by atoms with Gasteiger partial charge in [0, 0.05) is 12.6 Å². The number of allylic oxidation sites excluding steroid dienone is 2. The largest absolute Gasteiger partial charge is 0.504 e. The maximum absolute atomic E-state index is 11.6. The summed E-state index contributed by atoms with van der Waals surface area (Å²) in [6.07, 6.45) is 8.22. The van der Waals surface area contributed by atoms with E-state index in [1.165, 1.54) is 12.3 Å². The van der Waals surface area contributed by atoms with Gasteiger partial charge in [-0.15, -0.1) is 0 Å². The fourth-order valence-corrected chi connectivity index (χ4v) is 1.78. The third kappa shape index (κ3) is 2.59. The number of hydrogen-bond acceptors (Lipinski definition) is 3. The lowest BCUT2D eigenvalue weighted by molar-refractivity contribution is -0.116. The molecule has 1 aliphatic rings. The average molecular weight is 218 g/mol. The van der Waals surface area contributed by atoms with Crippen molar-refractivity contribution in [2.45, 2.75) is 19.3 Å². The molecule has 0 aromatic carbocycles. The van der Waals surface area contributed by atoms with Crippen LogP contribution in [0.3, 0.4) is 0 Å². The Hall–Kier alpha value is -1.84. The lowest BCUT2D eigenvalue weighted by Crippen LogP contribution is -2.15. The summed E-state index contributed by atoms with van der Waals surface area (Å²) in [4.78, 5) is 15.5. The van der Waals surface area contributed by atoms with E-state index in [2.05, 4.69) is 22.5 Å². The van der Waals surface area contributed by atoms with Crippen LogP contribution in [0.15, 0.2) is 30.5 Å². The summed E-state index contributed by atoms with van der Waals surface area (Å²) in [5.41, 5.74) is 0. The van der Waals surface area contributed by atoms with Crippen LogP contribution < -0.4 is 5.32 Å². The second-order valence-electron chi connectivity index (χ2n) is 3.89. The summed E-state index contributed by atoms with van der Waals surface area (Å²) in [6.45, 7) is 0. The van der Waals surface area contributed by atoms with E-state index in [-0.39, 0.29) is 17.5 Å². The molecule has 0 saturated heterocycles. The number of carbonyl (C=O) groups is 1. The number of pyridine rings is 1. The minimum atomic E-state index is -0.106. The van der Waals surface area contributed by atoms with Gasteiger partial charge in [-0.1, -0.05) is 12.2 Å². The molecule has 84 valence electrons. The van der Waals surface area contributed by atoms with Crippen molar-refractivity contribution in [1.82, 2.24) is 4.98 Å². The van der Waals surface area contributed by atoms with Crippen LogP contribution in [0.2, 0.25) is 0 Å². The van der Waals surface area contributed by atoms with Crippen LogP contribution in [0.4, 0.5) is 5.82 Å². The zero-order valence-corrected chi connectivity index (χ0v) is 8.89. The molecule has 0 unspecified atom stereocenters. The number of aromatic nitrogens is 1. The van der Waals surface area contributed by atoms with Crippen molar-refractivity contribution in [3.8, 4) is 5.75 Å². The van der Waals surface area contributed by atoms with Crippen molar-refractivity contribution < 1.29 is 9.90 Å². The Morgan fingerprint density at radius 2 is 2.50 bits per heavy atom. The summed E-state index contributed by atoms with van der Waals surface area (Å²) in [7, 11) is 0. The maximum Gasteiger partial charge on any atom is 0.226 e. The number of nitrogens with one attached hydrogen (secondary N) is 1. The smallest absolute Gasteiger partial charge is 0.226 e. The average Bonchev–Trinajstić information content (AvgIpc) is 2.74. The standard InChI is InChI=1S/C12H14N2O2/c15-10-6-3-7-13-12(10)14-11(16)8-9-4-1-2-5-9/h1,3-4,6-7,9,15H,2,5,8H2,(H,13,14,16)/t9-/m1/s1. The molecule has 1 amide bonds.